The molecule has 0 aliphatic rings. The average Bonchev–Trinajstić information content (AvgIpc) is 2.68. The lowest BCUT2D eigenvalue weighted by Crippen LogP contribution is -2.07. The molecule has 0 saturated carbocycles. The number of alkyl halides is 2. The number of halogens is 2. The molecule has 0 fully saturated rings. The number of aromatic nitrogens is 2. The molecule has 1 aromatic heterocycles. The molecule has 0 radical (unpaired) electrons. The molecule has 20 heavy (non-hydrogen) atoms. The Kier molecular flexibility index (Phi) is 4.65. The zero-order chi connectivity index (χ0) is 14.7. The average molecular weight is 297 g/mol. The molecule has 1 N–H and O–H groups in total. The predicted octanol–water partition coefficient (Wildman–Crippen LogP) is 4.22. The van der Waals surface area contributed by atoms with E-state index in [1.54, 1.807) is 16.8 Å². The highest BCUT2D eigenvalue weighted by atomic mass is 32.2. The minimum atomic E-state index is -2.38. The number of benzene rings is 1. The SMILES string of the molecule is Cc1cc(N[C@H](C)c2ccc(SC(F)F)cc2)nn1C. The van der Waals surface area contributed by atoms with E-state index in [9.17, 15) is 8.78 Å². The van der Waals surface area contributed by atoms with Gasteiger partial charge in [0.1, 0.15) is 5.82 Å². The Morgan fingerprint density at radius 1 is 1.25 bits per heavy atom. The Hall–Kier alpha value is -1.56. The third kappa shape index (κ3) is 3.72. The van der Waals surface area contributed by atoms with Gasteiger partial charge in [0.15, 0.2) is 0 Å². The van der Waals surface area contributed by atoms with Gasteiger partial charge in [-0.2, -0.15) is 13.9 Å². The third-order valence-electron chi connectivity index (χ3n) is 3.08. The van der Waals surface area contributed by atoms with Gasteiger partial charge in [-0.1, -0.05) is 23.9 Å². The van der Waals surface area contributed by atoms with Crippen LogP contribution in [0.2, 0.25) is 0 Å². The maximum absolute atomic E-state index is 12.2. The lowest BCUT2D eigenvalue weighted by molar-refractivity contribution is 0.252. The van der Waals surface area contributed by atoms with Crippen LogP contribution in [0.25, 0.3) is 0 Å². The summed E-state index contributed by atoms with van der Waals surface area (Å²) in [5.74, 6) is -1.57. The van der Waals surface area contributed by atoms with Crippen molar-refractivity contribution in [1.29, 1.82) is 0 Å². The van der Waals surface area contributed by atoms with E-state index < -0.39 is 5.76 Å². The standard InChI is InChI=1S/C14H17F2N3S/c1-9-8-13(18-19(9)3)17-10(2)11-4-6-12(7-5-11)20-14(15)16/h4-8,10,14H,1-3H3,(H,17,18)/t10-/m1/s1. The number of nitrogens with zero attached hydrogens (tertiary/aromatic N) is 2. The minimum Gasteiger partial charge on any atom is -0.362 e. The van der Waals surface area contributed by atoms with Gasteiger partial charge in [0, 0.05) is 29.7 Å². The Labute approximate surface area is 121 Å². The van der Waals surface area contributed by atoms with Crippen molar-refractivity contribution in [2.45, 2.75) is 30.5 Å². The van der Waals surface area contributed by atoms with E-state index >= 15 is 0 Å². The fourth-order valence-corrected chi connectivity index (χ4v) is 2.37. The van der Waals surface area contributed by atoms with Crippen molar-refractivity contribution in [2.75, 3.05) is 5.32 Å². The van der Waals surface area contributed by atoms with Crippen LogP contribution in [0.15, 0.2) is 35.2 Å². The first-order valence-electron chi connectivity index (χ1n) is 6.27. The van der Waals surface area contributed by atoms with Crippen LogP contribution in [-0.2, 0) is 7.05 Å². The second kappa shape index (κ2) is 6.26. The Bertz CT molecular complexity index is 547. The van der Waals surface area contributed by atoms with Gasteiger partial charge in [-0.3, -0.25) is 4.68 Å². The van der Waals surface area contributed by atoms with Crippen LogP contribution in [0, 0.1) is 6.92 Å². The monoisotopic (exact) mass is 297 g/mol. The number of hydrogen-bond acceptors (Lipinski definition) is 3. The van der Waals surface area contributed by atoms with Gasteiger partial charge in [0.25, 0.3) is 5.76 Å². The molecule has 3 nitrogen and oxygen atoms in total. The van der Waals surface area contributed by atoms with Gasteiger partial charge in [-0.05, 0) is 31.5 Å². The molecule has 2 rings (SSSR count). The highest BCUT2D eigenvalue weighted by Crippen LogP contribution is 2.27. The largest absolute Gasteiger partial charge is 0.362 e. The van der Waals surface area contributed by atoms with Crippen molar-refractivity contribution in [3.63, 3.8) is 0 Å². The highest BCUT2D eigenvalue weighted by molar-refractivity contribution is 7.99. The second-order valence-corrected chi connectivity index (χ2v) is 5.67. The highest BCUT2D eigenvalue weighted by Gasteiger charge is 2.09. The predicted molar refractivity (Wildman–Crippen MR) is 78.3 cm³/mol. The topological polar surface area (TPSA) is 29.9 Å². The van der Waals surface area contributed by atoms with Crippen molar-refractivity contribution >= 4 is 17.6 Å². The number of nitrogens with one attached hydrogen (secondary N) is 1. The molecule has 0 aliphatic heterocycles. The van der Waals surface area contributed by atoms with E-state index in [4.69, 9.17) is 0 Å². The lowest BCUT2D eigenvalue weighted by Gasteiger charge is -2.14. The molecule has 0 saturated heterocycles. The van der Waals surface area contributed by atoms with Crippen molar-refractivity contribution in [1.82, 2.24) is 9.78 Å². The normalized spacial score (nSPS) is 12.7. The molecule has 0 amide bonds. The molecular weight excluding hydrogens is 280 g/mol. The third-order valence-corrected chi connectivity index (χ3v) is 3.81. The summed E-state index contributed by atoms with van der Waals surface area (Å²) < 4.78 is 26.3. The summed E-state index contributed by atoms with van der Waals surface area (Å²) in [6, 6.07) is 9.19. The first kappa shape index (κ1) is 14.8. The fraction of sp³-hybridized carbons (Fsp3) is 0.357. The summed E-state index contributed by atoms with van der Waals surface area (Å²) in [4.78, 5) is 0.574. The zero-order valence-corrected chi connectivity index (χ0v) is 12.4. The molecule has 1 aromatic carbocycles. The van der Waals surface area contributed by atoms with Gasteiger partial charge in [-0.15, -0.1) is 0 Å². The molecule has 1 atom stereocenters. The Balaban J connectivity index is 2.03. The molecule has 0 unspecified atom stereocenters. The Morgan fingerprint density at radius 2 is 1.90 bits per heavy atom. The lowest BCUT2D eigenvalue weighted by atomic mass is 10.1. The second-order valence-electron chi connectivity index (χ2n) is 4.61. The number of aryl methyl sites for hydroxylation is 2. The summed E-state index contributed by atoms with van der Waals surface area (Å²) >= 11 is 0.559. The van der Waals surface area contributed by atoms with Gasteiger partial charge in [0.05, 0.1) is 0 Å². The van der Waals surface area contributed by atoms with Crippen LogP contribution in [0.3, 0.4) is 0 Å². The van der Waals surface area contributed by atoms with Crippen LogP contribution in [0.5, 0.6) is 0 Å². The fourth-order valence-electron chi connectivity index (χ4n) is 1.87. The van der Waals surface area contributed by atoms with E-state index in [2.05, 4.69) is 10.4 Å². The molecule has 1 heterocycles. The molecular formula is C14H17F2N3S. The van der Waals surface area contributed by atoms with E-state index in [0.29, 0.717) is 16.7 Å². The maximum Gasteiger partial charge on any atom is 0.288 e. The first-order valence-corrected chi connectivity index (χ1v) is 7.15. The van der Waals surface area contributed by atoms with E-state index in [-0.39, 0.29) is 6.04 Å². The van der Waals surface area contributed by atoms with E-state index in [1.165, 1.54) is 0 Å². The minimum absolute atomic E-state index is 0.0647. The quantitative estimate of drug-likeness (QED) is 0.838. The molecule has 0 spiro atoms. The van der Waals surface area contributed by atoms with Gasteiger partial charge < -0.3 is 5.32 Å². The van der Waals surface area contributed by atoms with Crippen LogP contribution in [-0.4, -0.2) is 15.5 Å². The number of anilines is 1. The molecule has 6 heteroatoms. The number of hydrogen-bond donors (Lipinski definition) is 1. The number of thioether (sulfide) groups is 1. The number of rotatable bonds is 5. The van der Waals surface area contributed by atoms with Crippen LogP contribution >= 0.6 is 11.8 Å². The molecule has 2 aromatic rings. The summed E-state index contributed by atoms with van der Waals surface area (Å²) in [5, 5.41) is 7.63. The summed E-state index contributed by atoms with van der Waals surface area (Å²) in [6.45, 7) is 4.00. The molecule has 0 bridgehead atoms. The van der Waals surface area contributed by atoms with Gasteiger partial charge >= 0.3 is 0 Å². The van der Waals surface area contributed by atoms with Crippen LogP contribution in [0.4, 0.5) is 14.6 Å². The van der Waals surface area contributed by atoms with E-state index in [0.717, 1.165) is 17.1 Å². The Morgan fingerprint density at radius 3 is 2.40 bits per heavy atom. The van der Waals surface area contributed by atoms with Crippen molar-refractivity contribution in [3.05, 3.63) is 41.6 Å². The zero-order valence-electron chi connectivity index (χ0n) is 11.6. The summed E-state index contributed by atoms with van der Waals surface area (Å²) in [5.41, 5.74) is 2.11. The van der Waals surface area contributed by atoms with Crippen LogP contribution < -0.4 is 5.32 Å². The smallest absolute Gasteiger partial charge is 0.288 e. The van der Waals surface area contributed by atoms with Crippen molar-refractivity contribution < 1.29 is 8.78 Å². The molecule has 0 aliphatic carbocycles. The van der Waals surface area contributed by atoms with Crippen molar-refractivity contribution in [3.8, 4) is 0 Å². The van der Waals surface area contributed by atoms with Crippen molar-refractivity contribution in [2.24, 2.45) is 7.05 Å². The summed E-state index contributed by atoms with van der Waals surface area (Å²) in [6.07, 6.45) is 0. The summed E-state index contributed by atoms with van der Waals surface area (Å²) in [7, 11) is 1.89. The molecule has 108 valence electrons. The van der Waals surface area contributed by atoms with Crippen LogP contribution in [0.1, 0.15) is 24.2 Å². The van der Waals surface area contributed by atoms with Gasteiger partial charge in [0.2, 0.25) is 0 Å². The first-order chi connectivity index (χ1) is 9.45. The van der Waals surface area contributed by atoms with E-state index in [1.807, 2.05) is 39.1 Å². The maximum atomic E-state index is 12.2. The van der Waals surface area contributed by atoms with Gasteiger partial charge in [-0.25, -0.2) is 0 Å².